The molecule has 0 amide bonds. The molecule has 0 bridgehead atoms. The average Bonchev–Trinajstić information content (AvgIpc) is 2.35. The molecule has 6 heteroatoms. The van der Waals surface area contributed by atoms with Crippen LogP contribution in [0.1, 0.15) is 27.2 Å². The van der Waals surface area contributed by atoms with Gasteiger partial charge in [-0.2, -0.15) is 0 Å². The highest BCUT2D eigenvalue weighted by Gasteiger charge is 2.27. The second kappa shape index (κ2) is 6.70. The lowest BCUT2D eigenvalue weighted by atomic mass is 9.96. The minimum atomic E-state index is -3.65. The molecule has 4 nitrogen and oxygen atoms in total. The first-order valence-corrected chi connectivity index (χ1v) is 8.10. The Bertz CT molecular complexity index is 499. The van der Waals surface area contributed by atoms with E-state index >= 15 is 0 Å². The number of rotatable bonds is 6. The molecule has 108 valence electrons. The van der Waals surface area contributed by atoms with Gasteiger partial charge in [-0.05, 0) is 37.1 Å². The first-order valence-electron chi connectivity index (χ1n) is 6.24. The molecule has 0 aromatic heterocycles. The number of benzene rings is 1. The summed E-state index contributed by atoms with van der Waals surface area (Å²) >= 11 is 5.74. The van der Waals surface area contributed by atoms with Gasteiger partial charge in [0.25, 0.3) is 0 Å². The normalized spacial score (nSPS) is 16.9. The summed E-state index contributed by atoms with van der Waals surface area (Å²) in [5, 5.41) is 10.2. The summed E-state index contributed by atoms with van der Waals surface area (Å²) in [5.74, 6) is 0.0436. The van der Waals surface area contributed by atoms with Gasteiger partial charge in [-0.25, -0.2) is 13.1 Å². The van der Waals surface area contributed by atoms with Gasteiger partial charge < -0.3 is 5.11 Å². The molecule has 3 atom stereocenters. The topological polar surface area (TPSA) is 66.4 Å². The number of hydrogen-bond donors (Lipinski definition) is 2. The Morgan fingerprint density at radius 2 is 1.79 bits per heavy atom. The molecule has 19 heavy (non-hydrogen) atoms. The summed E-state index contributed by atoms with van der Waals surface area (Å²) in [6.07, 6.45) is 0.0237. The van der Waals surface area contributed by atoms with Crippen LogP contribution in [-0.2, 0) is 10.0 Å². The largest absolute Gasteiger partial charge is 0.392 e. The smallest absolute Gasteiger partial charge is 0.240 e. The van der Waals surface area contributed by atoms with Crippen LogP contribution in [0.5, 0.6) is 0 Å². The highest BCUT2D eigenvalue weighted by atomic mass is 35.5. The average molecular weight is 306 g/mol. The van der Waals surface area contributed by atoms with Gasteiger partial charge in [0.1, 0.15) is 0 Å². The summed E-state index contributed by atoms with van der Waals surface area (Å²) in [6.45, 7) is 5.44. The maximum Gasteiger partial charge on any atom is 0.240 e. The fraction of sp³-hybridized carbons (Fsp3) is 0.538. The Balaban J connectivity index is 2.97. The predicted molar refractivity (Wildman–Crippen MR) is 76.7 cm³/mol. The van der Waals surface area contributed by atoms with Crippen molar-refractivity contribution in [1.82, 2.24) is 4.72 Å². The lowest BCUT2D eigenvalue weighted by Crippen LogP contribution is -2.46. The second-order valence-corrected chi connectivity index (χ2v) is 6.88. The predicted octanol–water partition coefficient (Wildman–Crippen LogP) is 2.41. The van der Waals surface area contributed by atoms with E-state index in [1.165, 1.54) is 24.3 Å². The third kappa shape index (κ3) is 4.45. The Labute approximate surface area is 119 Å². The van der Waals surface area contributed by atoms with Crippen LogP contribution < -0.4 is 4.72 Å². The lowest BCUT2D eigenvalue weighted by Gasteiger charge is -2.26. The third-order valence-corrected chi connectivity index (χ3v) is 4.92. The molecule has 0 aliphatic carbocycles. The zero-order valence-corrected chi connectivity index (χ0v) is 12.9. The first-order chi connectivity index (χ1) is 8.77. The Morgan fingerprint density at radius 1 is 1.26 bits per heavy atom. The molecule has 1 unspecified atom stereocenters. The van der Waals surface area contributed by atoms with Gasteiger partial charge in [0, 0.05) is 5.02 Å². The quantitative estimate of drug-likeness (QED) is 0.848. The zero-order chi connectivity index (χ0) is 14.6. The molecule has 0 aliphatic heterocycles. The van der Waals surface area contributed by atoms with E-state index in [1.807, 2.05) is 13.8 Å². The number of aliphatic hydroxyl groups is 1. The molecule has 0 spiro atoms. The molecule has 0 saturated heterocycles. The Kier molecular flexibility index (Phi) is 5.80. The van der Waals surface area contributed by atoms with E-state index in [0.717, 1.165) is 6.42 Å². The SMILES string of the molecule is CC[C@H](C)[C@H](NS(=O)(=O)c1ccc(Cl)cc1)C(C)O. The summed E-state index contributed by atoms with van der Waals surface area (Å²) in [7, 11) is -3.65. The van der Waals surface area contributed by atoms with E-state index in [-0.39, 0.29) is 10.8 Å². The monoisotopic (exact) mass is 305 g/mol. The Hall–Kier alpha value is -0.620. The van der Waals surface area contributed by atoms with Crippen molar-refractivity contribution >= 4 is 21.6 Å². The third-order valence-electron chi connectivity index (χ3n) is 3.19. The number of nitrogens with one attached hydrogen (secondary N) is 1. The molecule has 1 aromatic rings. The van der Waals surface area contributed by atoms with Gasteiger partial charge in [0.05, 0.1) is 17.0 Å². The fourth-order valence-corrected chi connectivity index (χ4v) is 3.35. The molecular formula is C13H20ClNO3S. The summed E-state index contributed by atoms with van der Waals surface area (Å²) in [5.41, 5.74) is 0. The first kappa shape index (κ1) is 16.4. The van der Waals surface area contributed by atoms with Crippen molar-refractivity contribution in [3.8, 4) is 0 Å². The maximum absolute atomic E-state index is 12.2. The molecule has 0 radical (unpaired) electrons. The minimum absolute atomic E-state index is 0.0436. The standard InChI is InChI=1S/C13H20ClNO3S/c1-4-9(2)13(10(3)16)15-19(17,18)12-7-5-11(14)6-8-12/h5-10,13,15-16H,4H2,1-3H3/t9-,10?,13-/m0/s1. The molecule has 0 saturated carbocycles. The van der Waals surface area contributed by atoms with Crippen molar-refractivity contribution in [2.45, 2.75) is 44.2 Å². The van der Waals surface area contributed by atoms with Gasteiger partial charge in [-0.3, -0.25) is 0 Å². The van der Waals surface area contributed by atoms with Crippen LogP contribution in [0.4, 0.5) is 0 Å². The Morgan fingerprint density at radius 3 is 2.21 bits per heavy atom. The minimum Gasteiger partial charge on any atom is -0.392 e. The second-order valence-electron chi connectivity index (χ2n) is 4.73. The molecule has 1 aromatic carbocycles. The lowest BCUT2D eigenvalue weighted by molar-refractivity contribution is 0.128. The number of aliphatic hydroxyl groups excluding tert-OH is 1. The van der Waals surface area contributed by atoms with Crippen LogP contribution in [0.2, 0.25) is 5.02 Å². The molecule has 2 N–H and O–H groups in total. The van der Waals surface area contributed by atoms with Crippen molar-refractivity contribution in [3.05, 3.63) is 29.3 Å². The number of sulfonamides is 1. The van der Waals surface area contributed by atoms with Crippen molar-refractivity contribution in [1.29, 1.82) is 0 Å². The van der Waals surface area contributed by atoms with Gasteiger partial charge in [-0.15, -0.1) is 0 Å². The zero-order valence-electron chi connectivity index (χ0n) is 11.3. The van der Waals surface area contributed by atoms with Crippen LogP contribution in [0.3, 0.4) is 0 Å². The van der Waals surface area contributed by atoms with Crippen molar-refractivity contribution in [2.75, 3.05) is 0 Å². The van der Waals surface area contributed by atoms with Crippen LogP contribution in [0.15, 0.2) is 29.2 Å². The fourth-order valence-electron chi connectivity index (χ4n) is 1.80. The van der Waals surface area contributed by atoms with E-state index < -0.39 is 22.2 Å². The van der Waals surface area contributed by atoms with E-state index in [0.29, 0.717) is 5.02 Å². The summed E-state index contributed by atoms with van der Waals surface area (Å²) in [6, 6.07) is 5.43. The molecule has 0 heterocycles. The van der Waals surface area contributed by atoms with Crippen molar-refractivity contribution in [3.63, 3.8) is 0 Å². The highest BCUT2D eigenvalue weighted by molar-refractivity contribution is 7.89. The van der Waals surface area contributed by atoms with E-state index in [4.69, 9.17) is 11.6 Å². The van der Waals surface area contributed by atoms with Crippen molar-refractivity contribution in [2.24, 2.45) is 5.92 Å². The maximum atomic E-state index is 12.2. The molecule has 0 aliphatic rings. The number of halogens is 1. The van der Waals surface area contributed by atoms with Crippen LogP contribution in [-0.4, -0.2) is 25.7 Å². The molecular weight excluding hydrogens is 286 g/mol. The van der Waals surface area contributed by atoms with E-state index in [1.54, 1.807) is 6.92 Å². The van der Waals surface area contributed by atoms with Gasteiger partial charge in [-0.1, -0.05) is 31.9 Å². The summed E-state index contributed by atoms with van der Waals surface area (Å²) in [4.78, 5) is 0.144. The summed E-state index contributed by atoms with van der Waals surface area (Å²) < 4.78 is 27.0. The number of hydrogen-bond acceptors (Lipinski definition) is 3. The van der Waals surface area contributed by atoms with E-state index in [9.17, 15) is 13.5 Å². The van der Waals surface area contributed by atoms with E-state index in [2.05, 4.69) is 4.72 Å². The highest BCUT2D eigenvalue weighted by Crippen LogP contribution is 2.18. The van der Waals surface area contributed by atoms with Gasteiger partial charge in [0.2, 0.25) is 10.0 Å². The van der Waals surface area contributed by atoms with Crippen LogP contribution >= 0.6 is 11.6 Å². The van der Waals surface area contributed by atoms with Crippen molar-refractivity contribution < 1.29 is 13.5 Å². The van der Waals surface area contributed by atoms with Gasteiger partial charge in [0.15, 0.2) is 0 Å². The van der Waals surface area contributed by atoms with Crippen LogP contribution in [0.25, 0.3) is 0 Å². The van der Waals surface area contributed by atoms with Crippen LogP contribution in [0, 0.1) is 5.92 Å². The molecule has 0 fully saturated rings. The molecule has 1 rings (SSSR count). The van der Waals surface area contributed by atoms with Gasteiger partial charge >= 0.3 is 0 Å².